The molecule has 1 aromatic heterocycles. The van der Waals surface area contributed by atoms with Gasteiger partial charge in [0.05, 0.1) is 15.2 Å². The van der Waals surface area contributed by atoms with Crippen LogP contribution in [0.3, 0.4) is 0 Å². The van der Waals surface area contributed by atoms with Gasteiger partial charge in [-0.3, -0.25) is 0 Å². The summed E-state index contributed by atoms with van der Waals surface area (Å²) in [6, 6.07) is 8.09. The van der Waals surface area contributed by atoms with E-state index in [1.165, 1.54) is 17.0 Å². The van der Waals surface area contributed by atoms with Gasteiger partial charge in [-0.25, -0.2) is 0 Å². The minimum Gasteiger partial charge on any atom is -0.380 e. The predicted octanol–water partition coefficient (Wildman–Crippen LogP) is 5.15. The third-order valence-electron chi connectivity index (χ3n) is 3.42. The lowest BCUT2D eigenvalue weighted by Crippen LogP contribution is -2.03. The van der Waals surface area contributed by atoms with Crippen LogP contribution in [0.25, 0.3) is 0 Å². The summed E-state index contributed by atoms with van der Waals surface area (Å²) in [5, 5.41) is 4.16. The predicted molar refractivity (Wildman–Crippen MR) is 86.1 cm³/mol. The molecule has 1 aromatic carbocycles. The van der Waals surface area contributed by atoms with E-state index in [0.717, 1.165) is 28.3 Å². The van der Waals surface area contributed by atoms with E-state index in [9.17, 15) is 0 Å². The van der Waals surface area contributed by atoms with Gasteiger partial charge in [0.15, 0.2) is 0 Å². The zero-order valence-electron chi connectivity index (χ0n) is 11.4. The molecular weight excluding hydrogens is 324 g/mol. The SMILES string of the molecule is CCn1c(C)cc(CNc2cccc(Cl)c2Br)c1C. The summed E-state index contributed by atoms with van der Waals surface area (Å²) >= 11 is 9.59. The molecule has 2 aromatic rings. The minimum absolute atomic E-state index is 0.726. The van der Waals surface area contributed by atoms with Crippen molar-refractivity contribution in [1.29, 1.82) is 0 Å². The van der Waals surface area contributed by atoms with Crippen molar-refractivity contribution in [3.63, 3.8) is 0 Å². The van der Waals surface area contributed by atoms with E-state index in [1.54, 1.807) is 0 Å². The Morgan fingerprint density at radius 2 is 2.05 bits per heavy atom. The molecule has 0 radical (unpaired) electrons. The molecule has 0 fully saturated rings. The van der Waals surface area contributed by atoms with Gasteiger partial charge < -0.3 is 9.88 Å². The highest BCUT2D eigenvalue weighted by Crippen LogP contribution is 2.30. The smallest absolute Gasteiger partial charge is 0.0593 e. The van der Waals surface area contributed by atoms with Crippen LogP contribution >= 0.6 is 27.5 Å². The molecule has 2 rings (SSSR count). The molecule has 0 saturated heterocycles. The summed E-state index contributed by atoms with van der Waals surface area (Å²) < 4.78 is 3.24. The third-order valence-corrected chi connectivity index (χ3v) is 4.81. The van der Waals surface area contributed by atoms with Gasteiger partial charge >= 0.3 is 0 Å². The molecular formula is C15H18BrClN2. The fourth-order valence-electron chi connectivity index (χ4n) is 2.37. The van der Waals surface area contributed by atoms with Crippen molar-refractivity contribution in [2.24, 2.45) is 0 Å². The number of hydrogen-bond donors (Lipinski definition) is 1. The van der Waals surface area contributed by atoms with E-state index in [0.29, 0.717) is 0 Å². The van der Waals surface area contributed by atoms with Gasteiger partial charge in [0.25, 0.3) is 0 Å². The number of aryl methyl sites for hydroxylation is 1. The maximum Gasteiger partial charge on any atom is 0.0593 e. The van der Waals surface area contributed by atoms with E-state index in [2.05, 4.69) is 52.7 Å². The summed E-state index contributed by atoms with van der Waals surface area (Å²) in [5.74, 6) is 0. The molecule has 1 N–H and O–H groups in total. The van der Waals surface area contributed by atoms with Crippen molar-refractivity contribution < 1.29 is 0 Å². The molecule has 0 atom stereocenters. The first-order valence-corrected chi connectivity index (χ1v) is 7.55. The Balaban J connectivity index is 2.17. The lowest BCUT2D eigenvalue weighted by molar-refractivity contribution is 0.715. The summed E-state index contributed by atoms with van der Waals surface area (Å²) in [7, 11) is 0. The van der Waals surface area contributed by atoms with Gasteiger partial charge in [-0.2, -0.15) is 0 Å². The molecule has 0 spiro atoms. The number of nitrogens with one attached hydrogen (secondary N) is 1. The number of hydrogen-bond acceptors (Lipinski definition) is 1. The van der Waals surface area contributed by atoms with E-state index < -0.39 is 0 Å². The molecule has 0 unspecified atom stereocenters. The average molecular weight is 342 g/mol. The number of benzene rings is 1. The summed E-state index contributed by atoms with van der Waals surface area (Å²) in [6.07, 6.45) is 0. The lowest BCUT2D eigenvalue weighted by Gasteiger charge is -2.10. The van der Waals surface area contributed by atoms with Gasteiger partial charge in [-0.05, 0) is 60.5 Å². The van der Waals surface area contributed by atoms with Crippen LogP contribution in [0, 0.1) is 13.8 Å². The standard InChI is InChI=1S/C15H18BrClN2/c1-4-19-10(2)8-12(11(19)3)9-18-14-7-5-6-13(17)15(14)16/h5-8,18H,4,9H2,1-3H3. The second kappa shape index (κ2) is 6.02. The molecule has 0 aliphatic heterocycles. The molecule has 0 bridgehead atoms. The largest absolute Gasteiger partial charge is 0.380 e. The Morgan fingerprint density at radius 3 is 2.68 bits per heavy atom. The average Bonchev–Trinajstić information content (AvgIpc) is 2.66. The highest BCUT2D eigenvalue weighted by molar-refractivity contribution is 9.10. The Morgan fingerprint density at radius 1 is 1.32 bits per heavy atom. The maximum atomic E-state index is 6.09. The normalized spacial score (nSPS) is 10.8. The second-order valence-electron chi connectivity index (χ2n) is 4.60. The van der Waals surface area contributed by atoms with Gasteiger partial charge in [-0.15, -0.1) is 0 Å². The number of nitrogens with zero attached hydrogens (tertiary/aromatic N) is 1. The molecule has 4 heteroatoms. The molecule has 0 saturated carbocycles. The van der Waals surface area contributed by atoms with Crippen LogP contribution in [-0.2, 0) is 13.1 Å². The Bertz CT molecular complexity index is 590. The van der Waals surface area contributed by atoms with E-state index in [1.807, 2.05) is 18.2 Å². The second-order valence-corrected chi connectivity index (χ2v) is 5.80. The topological polar surface area (TPSA) is 17.0 Å². The number of halogens is 2. The molecule has 2 nitrogen and oxygen atoms in total. The summed E-state index contributed by atoms with van der Waals surface area (Å²) in [4.78, 5) is 0. The maximum absolute atomic E-state index is 6.09. The molecule has 1 heterocycles. The molecule has 19 heavy (non-hydrogen) atoms. The van der Waals surface area contributed by atoms with Crippen molar-refractivity contribution in [3.05, 3.63) is 50.7 Å². The summed E-state index contributed by atoms with van der Waals surface area (Å²) in [6.45, 7) is 8.30. The Hall–Kier alpha value is -0.930. The van der Waals surface area contributed by atoms with Gasteiger partial charge in [-0.1, -0.05) is 17.7 Å². The van der Waals surface area contributed by atoms with Crippen LogP contribution in [-0.4, -0.2) is 4.57 Å². The first-order valence-electron chi connectivity index (χ1n) is 6.38. The molecule has 0 amide bonds. The lowest BCUT2D eigenvalue weighted by atomic mass is 10.2. The highest BCUT2D eigenvalue weighted by atomic mass is 79.9. The van der Waals surface area contributed by atoms with Crippen LogP contribution in [0.2, 0.25) is 5.02 Å². The number of anilines is 1. The first-order chi connectivity index (χ1) is 9.04. The van der Waals surface area contributed by atoms with Crippen LogP contribution in [0.5, 0.6) is 0 Å². The van der Waals surface area contributed by atoms with E-state index in [-0.39, 0.29) is 0 Å². The molecule has 0 aliphatic carbocycles. The number of aromatic nitrogens is 1. The van der Waals surface area contributed by atoms with Crippen LogP contribution in [0.4, 0.5) is 5.69 Å². The summed E-state index contributed by atoms with van der Waals surface area (Å²) in [5.41, 5.74) is 4.98. The van der Waals surface area contributed by atoms with Crippen molar-refractivity contribution in [3.8, 4) is 0 Å². The van der Waals surface area contributed by atoms with Crippen LogP contribution < -0.4 is 5.32 Å². The van der Waals surface area contributed by atoms with Crippen LogP contribution in [0.1, 0.15) is 23.9 Å². The van der Waals surface area contributed by atoms with Crippen molar-refractivity contribution in [2.75, 3.05) is 5.32 Å². The third kappa shape index (κ3) is 2.98. The fraction of sp³-hybridized carbons (Fsp3) is 0.333. The van der Waals surface area contributed by atoms with Crippen molar-refractivity contribution >= 4 is 33.2 Å². The zero-order chi connectivity index (χ0) is 14.0. The fourth-order valence-corrected chi connectivity index (χ4v) is 2.95. The van der Waals surface area contributed by atoms with Gasteiger partial charge in [0.1, 0.15) is 0 Å². The van der Waals surface area contributed by atoms with E-state index in [4.69, 9.17) is 11.6 Å². The number of rotatable bonds is 4. The monoisotopic (exact) mass is 340 g/mol. The zero-order valence-corrected chi connectivity index (χ0v) is 13.8. The quantitative estimate of drug-likeness (QED) is 0.813. The van der Waals surface area contributed by atoms with Crippen molar-refractivity contribution in [2.45, 2.75) is 33.9 Å². The van der Waals surface area contributed by atoms with Gasteiger partial charge in [0.2, 0.25) is 0 Å². The Labute approximate surface area is 127 Å². The highest BCUT2D eigenvalue weighted by Gasteiger charge is 2.08. The minimum atomic E-state index is 0.726. The Kier molecular flexibility index (Phi) is 4.58. The van der Waals surface area contributed by atoms with Gasteiger partial charge in [0, 0.05) is 24.5 Å². The van der Waals surface area contributed by atoms with E-state index >= 15 is 0 Å². The van der Waals surface area contributed by atoms with Crippen molar-refractivity contribution in [1.82, 2.24) is 4.57 Å². The first kappa shape index (κ1) is 14.5. The van der Waals surface area contributed by atoms with Crippen LogP contribution in [0.15, 0.2) is 28.7 Å². The molecule has 102 valence electrons. The molecule has 0 aliphatic rings.